The molecule has 4 rings (SSSR count). The first kappa shape index (κ1) is 18.8. The van der Waals surface area contributed by atoms with E-state index in [-0.39, 0.29) is 17.2 Å². The molecule has 10 heteroatoms. The fourth-order valence-corrected chi connectivity index (χ4v) is 3.39. The minimum absolute atomic E-state index is 0.0870. The fourth-order valence-electron chi connectivity index (χ4n) is 3.04. The highest BCUT2D eigenvalue weighted by Gasteiger charge is 2.21. The van der Waals surface area contributed by atoms with Crippen molar-refractivity contribution in [3.05, 3.63) is 64.7 Å². The van der Waals surface area contributed by atoms with E-state index in [1.165, 1.54) is 18.5 Å². The van der Waals surface area contributed by atoms with Crippen molar-refractivity contribution in [1.29, 1.82) is 5.26 Å². The van der Waals surface area contributed by atoms with Crippen molar-refractivity contribution in [1.82, 2.24) is 24.5 Å². The Kier molecular flexibility index (Phi) is 4.82. The van der Waals surface area contributed by atoms with Crippen molar-refractivity contribution in [3.63, 3.8) is 0 Å². The summed E-state index contributed by atoms with van der Waals surface area (Å²) in [5.74, 6) is 0.601. The van der Waals surface area contributed by atoms with Crippen LogP contribution in [0.3, 0.4) is 0 Å². The average Bonchev–Trinajstić information content (AvgIpc) is 3.07. The zero-order chi connectivity index (χ0) is 20.5. The highest BCUT2D eigenvalue weighted by molar-refractivity contribution is 9.10. The van der Waals surface area contributed by atoms with E-state index >= 15 is 0 Å². The molecule has 0 saturated carbocycles. The number of pyridine rings is 1. The highest BCUT2D eigenvalue weighted by atomic mass is 79.9. The number of nitriles is 1. The second-order valence-electron chi connectivity index (χ2n) is 6.26. The number of imidazole rings is 1. The van der Waals surface area contributed by atoms with E-state index in [0.717, 1.165) is 4.47 Å². The van der Waals surface area contributed by atoms with E-state index in [0.29, 0.717) is 28.4 Å². The number of fused-ring (bicyclic) bond motifs is 1. The van der Waals surface area contributed by atoms with Gasteiger partial charge in [0.15, 0.2) is 0 Å². The number of halogens is 2. The van der Waals surface area contributed by atoms with Crippen molar-refractivity contribution in [3.8, 4) is 11.8 Å². The summed E-state index contributed by atoms with van der Waals surface area (Å²) >= 11 is 3.42. The summed E-state index contributed by atoms with van der Waals surface area (Å²) < 4.78 is 16.5. The lowest BCUT2D eigenvalue weighted by Crippen LogP contribution is -2.15. The van der Waals surface area contributed by atoms with Crippen molar-refractivity contribution in [2.24, 2.45) is 0 Å². The van der Waals surface area contributed by atoms with Gasteiger partial charge in [0, 0.05) is 16.7 Å². The molecule has 0 aliphatic heterocycles. The van der Waals surface area contributed by atoms with Crippen LogP contribution in [-0.4, -0.2) is 24.5 Å². The molecule has 3 aromatic heterocycles. The molecular formula is C19H14BrFN8. The molecule has 0 spiro atoms. The molecule has 29 heavy (non-hydrogen) atoms. The Morgan fingerprint density at radius 3 is 2.86 bits per heavy atom. The van der Waals surface area contributed by atoms with Crippen molar-refractivity contribution < 1.29 is 4.39 Å². The molecule has 0 amide bonds. The first-order chi connectivity index (χ1) is 14.0. The van der Waals surface area contributed by atoms with Gasteiger partial charge in [0.1, 0.15) is 41.2 Å². The number of nitrogens with one attached hydrogen (secondary N) is 1. The lowest BCUT2D eigenvalue weighted by Gasteiger charge is -2.17. The smallest absolute Gasteiger partial charge is 0.150 e. The van der Waals surface area contributed by atoms with Crippen molar-refractivity contribution >= 4 is 38.6 Å². The van der Waals surface area contributed by atoms with Crippen LogP contribution in [-0.2, 0) is 0 Å². The quantitative estimate of drug-likeness (QED) is 0.483. The number of hydrogen-bond acceptors (Lipinski definition) is 7. The minimum atomic E-state index is -0.397. The molecule has 0 aliphatic rings. The summed E-state index contributed by atoms with van der Waals surface area (Å²) in [4.78, 5) is 16.8. The normalized spacial score (nSPS) is 11.9. The molecule has 0 unspecified atom stereocenters. The zero-order valence-corrected chi connectivity index (χ0v) is 16.7. The summed E-state index contributed by atoms with van der Waals surface area (Å²) in [6.45, 7) is 1.86. The van der Waals surface area contributed by atoms with E-state index in [4.69, 9.17) is 5.73 Å². The molecule has 1 aromatic carbocycles. The van der Waals surface area contributed by atoms with Gasteiger partial charge in [-0.25, -0.2) is 19.3 Å². The molecule has 3 heterocycles. The Balaban J connectivity index is 1.87. The monoisotopic (exact) mass is 452 g/mol. The van der Waals surface area contributed by atoms with E-state index < -0.39 is 6.04 Å². The number of aromatic nitrogens is 5. The van der Waals surface area contributed by atoms with Crippen molar-refractivity contribution in [2.75, 3.05) is 11.1 Å². The topological polar surface area (TPSA) is 118 Å². The summed E-state index contributed by atoms with van der Waals surface area (Å²) in [6, 6.07) is 7.86. The van der Waals surface area contributed by atoms with E-state index in [1.54, 1.807) is 18.5 Å². The molecular weight excluding hydrogens is 439 g/mol. The largest absolute Gasteiger partial charge is 0.382 e. The lowest BCUT2D eigenvalue weighted by atomic mass is 10.2. The SMILES string of the molecule is C[C@@H](Nc1ncnc(N)c1C#N)c1nc2ccc(F)cc2n1-c1cncc(Br)c1. The van der Waals surface area contributed by atoms with Crippen LogP contribution in [0.25, 0.3) is 16.7 Å². The van der Waals surface area contributed by atoms with Gasteiger partial charge >= 0.3 is 0 Å². The maximum absolute atomic E-state index is 14.0. The van der Waals surface area contributed by atoms with Crippen LogP contribution < -0.4 is 11.1 Å². The van der Waals surface area contributed by atoms with E-state index in [1.807, 2.05) is 23.6 Å². The van der Waals surface area contributed by atoms with Gasteiger partial charge in [-0.3, -0.25) is 9.55 Å². The predicted molar refractivity (Wildman–Crippen MR) is 110 cm³/mol. The third-order valence-electron chi connectivity index (χ3n) is 4.32. The van der Waals surface area contributed by atoms with Crippen LogP contribution in [0.5, 0.6) is 0 Å². The summed E-state index contributed by atoms with van der Waals surface area (Å²) in [5, 5.41) is 12.5. The Morgan fingerprint density at radius 1 is 1.28 bits per heavy atom. The predicted octanol–water partition coefficient (Wildman–Crippen LogP) is 3.74. The van der Waals surface area contributed by atoms with Gasteiger partial charge in [0.2, 0.25) is 0 Å². The molecule has 4 aromatic rings. The molecule has 144 valence electrons. The van der Waals surface area contributed by atoms with Crippen molar-refractivity contribution in [2.45, 2.75) is 13.0 Å². The van der Waals surface area contributed by atoms with Crippen LogP contribution >= 0.6 is 15.9 Å². The standard InChI is InChI=1S/C19H14BrFN8/c1-10(27-18-14(6-22)17(23)25-9-26-18)19-28-15-3-2-12(21)5-16(15)29(19)13-4-11(20)7-24-8-13/h2-5,7-10H,1H3,(H3,23,25,26,27)/t10-/m1/s1. The zero-order valence-electron chi connectivity index (χ0n) is 15.1. The van der Waals surface area contributed by atoms with E-state index in [2.05, 4.69) is 41.2 Å². The first-order valence-corrected chi connectivity index (χ1v) is 9.33. The second kappa shape index (κ2) is 7.44. The maximum Gasteiger partial charge on any atom is 0.150 e. The van der Waals surface area contributed by atoms with Gasteiger partial charge in [-0.1, -0.05) is 0 Å². The van der Waals surface area contributed by atoms with Gasteiger partial charge in [-0.2, -0.15) is 5.26 Å². The van der Waals surface area contributed by atoms with Gasteiger partial charge in [0.25, 0.3) is 0 Å². The van der Waals surface area contributed by atoms with Crippen LogP contribution in [0, 0.1) is 17.1 Å². The minimum Gasteiger partial charge on any atom is -0.382 e. The van der Waals surface area contributed by atoms with Gasteiger partial charge in [-0.05, 0) is 41.1 Å². The average molecular weight is 453 g/mol. The van der Waals surface area contributed by atoms with Crippen LogP contribution in [0.1, 0.15) is 24.4 Å². The van der Waals surface area contributed by atoms with Gasteiger partial charge < -0.3 is 11.1 Å². The summed E-state index contributed by atoms with van der Waals surface area (Å²) in [5.41, 5.74) is 7.85. The molecule has 0 fully saturated rings. The number of hydrogen-bond donors (Lipinski definition) is 2. The van der Waals surface area contributed by atoms with Gasteiger partial charge in [0.05, 0.1) is 29.0 Å². The molecule has 3 N–H and O–H groups in total. The number of nitrogens with zero attached hydrogens (tertiary/aromatic N) is 6. The highest BCUT2D eigenvalue weighted by Crippen LogP contribution is 2.29. The van der Waals surface area contributed by atoms with E-state index in [9.17, 15) is 9.65 Å². The second-order valence-corrected chi connectivity index (χ2v) is 7.18. The number of nitrogens with two attached hydrogens (primary N) is 1. The van der Waals surface area contributed by atoms with Crippen LogP contribution in [0.2, 0.25) is 0 Å². The summed E-state index contributed by atoms with van der Waals surface area (Å²) in [7, 11) is 0. The third kappa shape index (κ3) is 3.48. The molecule has 0 radical (unpaired) electrons. The Labute approximate surface area is 173 Å². The third-order valence-corrected chi connectivity index (χ3v) is 4.75. The number of nitrogen functional groups attached to an aromatic ring is 1. The number of benzene rings is 1. The molecule has 1 atom stereocenters. The van der Waals surface area contributed by atoms with Crippen LogP contribution in [0.15, 0.2) is 47.5 Å². The molecule has 0 bridgehead atoms. The number of anilines is 2. The molecule has 0 saturated heterocycles. The maximum atomic E-state index is 14.0. The fraction of sp³-hybridized carbons (Fsp3) is 0.105. The Morgan fingerprint density at radius 2 is 2.10 bits per heavy atom. The molecule has 0 aliphatic carbocycles. The Bertz CT molecular complexity index is 1260. The molecule has 8 nitrogen and oxygen atoms in total. The lowest BCUT2D eigenvalue weighted by molar-refractivity contribution is 0.629. The Hall–Kier alpha value is -3.58. The van der Waals surface area contributed by atoms with Crippen LogP contribution in [0.4, 0.5) is 16.0 Å². The first-order valence-electron chi connectivity index (χ1n) is 8.54. The summed E-state index contributed by atoms with van der Waals surface area (Å²) in [6.07, 6.45) is 4.60. The van der Waals surface area contributed by atoms with Gasteiger partial charge in [-0.15, -0.1) is 0 Å². The number of rotatable bonds is 4.